The van der Waals surface area contributed by atoms with Crippen molar-refractivity contribution in [1.29, 1.82) is 0 Å². The van der Waals surface area contributed by atoms with Crippen LogP contribution in [0.1, 0.15) is 45.2 Å². The van der Waals surface area contributed by atoms with Gasteiger partial charge in [-0.05, 0) is 42.8 Å². The fourth-order valence-corrected chi connectivity index (χ4v) is 3.17. The summed E-state index contributed by atoms with van der Waals surface area (Å²) in [5.41, 5.74) is 7.66. The van der Waals surface area contributed by atoms with Gasteiger partial charge in [0, 0.05) is 12.6 Å². The van der Waals surface area contributed by atoms with Gasteiger partial charge in [0.15, 0.2) is 0 Å². The molecule has 2 heteroatoms. The van der Waals surface area contributed by atoms with Crippen molar-refractivity contribution in [3.8, 4) is 0 Å². The number of benzene rings is 1. The minimum absolute atomic E-state index is 0.415. The van der Waals surface area contributed by atoms with Gasteiger partial charge >= 0.3 is 0 Å². The van der Waals surface area contributed by atoms with Gasteiger partial charge in [-0.2, -0.15) is 0 Å². The number of hydrogen-bond acceptors (Lipinski definition) is 2. The molecular weight excluding hydrogens is 232 g/mol. The first-order chi connectivity index (χ1) is 9.02. The van der Waals surface area contributed by atoms with E-state index in [0.717, 1.165) is 18.9 Å². The smallest absolute Gasteiger partial charge is 0.0360 e. The number of likely N-dealkylation sites (tertiary alicyclic amines) is 1. The molecule has 0 aromatic heterocycles. The van der Waals surface area contributed by atoms with E-state index in [1.165, 1.54) is 25.1 Å². The van der Waals surface area contributed by atoms with E-state index in [9.17, 15) is 0 Å². The van der Waals surface area contributed by atoms with Crippen molar-refractivity contribution >= 4 is 0 Å². The van der Waals surface area contributed by atoms with Gasteiger partial charge < -0.3 is 5.73 Å². The fraction of sp³-hybridized carbons (Fsp3) is 0.647. The molecule has 1 aliphatic rings. The summed E-state index contributed by atoms with van der Waals surface area (Å²) in [5.74, 6) is 0.802. The topological polar surface area (TPSA) is 29.3 Å². The molecule has 2 atom stereocenters. The first-order valence-electron chi connectivity index (χ1n) is 7.51. The molecule has 1 fully saturated rings. The maximum Gasteiger partial charge on any atom is 0.0360 e. The van der Waals surface area contributed by atoms with E-state index in [0.29, 0.717) is 11.5 Å². The highest BCUT2D eigenvalue weighted by molar-refractivity contribution is 5.19. The van der Waals surface area contributed by atoms with E-state index in [1.807, 2.05) is 0 Å². The highest BCUT2D eigenvalue weighted by Gasteiger charge is 2.34. The van der Waals surface area contributed by atoms with E-state index < -0.39 is 0 Å². The maximum atomic E-state index is 5.83. The molecule has 0 spiro atoms. The van der Waals surface area contributed by atoms with E-state index in [2.05, 4.69) is 56.0 Å². The Kier molecular flexibility index (Phi) is 4.64. The molecule has 0 radical (unpaired) electrons. The highest BCUT2D eigenvalue weighted by Crippen LogP contribution is 2.37. The molecule has 2 rings (SSSR count). The summed E-state index contributed by atoms with van der Waals surface area (Å²) in [4.78, 5) is 2.64. The van der Waals surface area contributed by atoms with Crippen LogP contribution in [0.25, 0.3) is 0 Å². The van der Waals surface area contributed by atoms with Crippen LogP contribution in [0.5, 0.6) is 0 Å². The minimum Gasteiger partial charge on any atom is -0.330 e. The standard InChI is InChI=1S/C17H28N2/c1-17(2,3)15-10-12-19(13-15)16(9-11-18)14-7-5-4-6-8-14/h4-8,15-16H,9-13,18H2,1-3H3. The Bertz CT molecular complexity index is 380. The molecule has 0 saturated carbocycles. The number of hydrogen-bond donors (Lipinski definition) is 1. The third kappa shape index (κ3) is 3.58. The zero-order chi connectivity index (χ0) is 13.9. The summed E-state index contributed by atoms with van der Waals surface area (Å²) in [6, 6.07) is 11.3. The van der Waals surface area contributed by atoms with Crippen molar-refractivity contribution < 1.29 is 0 Å². The summed E-state index contributed by atoms with van der Waals surface area (Å²) in [6.07, 6.45) is 2.37. The molecule has 0 aliphatic carbocycles. The maximum absolute atomic E-state index is 5.83. The zero-order valence-electron chi connectivity index (χ0n) is 12.6. The third-order valence-corrected chi connectivity index (χ3v) is 4.51. The molecule has 1 aliphatic heterocycles. The van der Waals surface area contributed by atoms with E-state index in [1.54, 1.807) is 0 Å². The van der Waals surface area contributed by atoms with Crippen molar-refractivity contribution in [2.45, 2.75) is 39.7 Å². The normalized spacial score (nSPS) is 22.6. The predicted molar refractivity (Wildman–Crippen MR) is 82.0 cm³/mol. The van der Waals surface area contributed by atoms with Gasteiger partial charge in [-0.3, -0.25) is 4.90 Å². The molecule has 2 nitrogen and oxygen atoms in total. The molecular formula is C17H28N2. The molecule has 2 unspecified atom stereocenters. The highest BCUT2D eigenvalue weighted by atomic mass is 15.2. The van der Waals surface area contributed by atoms with E-state index in [-0.39, 0.29) is 0 Å². The Hall–Kier alpha value is -0.860. The van der Waals surface area contributed by atoms with Crippen molar-refractivity contribution in [2.24, 2.45) is 17.1 Å². The molecule has 1 aromatic rings. The van der Waals surface area contributed by atoms with Gasteiger partial charge in [0.2, 0.25) is 0 Å². The Balaban J connectivity index is 2.10. The summed E-state index contributed by atoms with van der Waals surface area (Å²) in [6.45, 7) is 10.3. The van der Waals surface area contributed by atoms with Crippen molar-refractivity contribution in [3.63, 3.8) is 0 Å². The molecule has 1 aromatic carbocycles. The largest absolute Gasteiger partial charge is 0.330 e. The van der Waals surface area contributed by atoms with Crippen LogP contribution in [0.15, 0.2) is 30.3 Å². The van der Waals surface area contributed by atoms with Crippen molar-refractivity contribution in [3.05, 3.63) is 35.9 Å². The first kappa shape index (κ1) is 14.5. The van der Waals surface area contributed by atoms with Gasteiger partial charge in [0.1, 0.15) is 0 Å². The van der Waals surface area contributed by atoms with E-state index >= 15 is 0 Å². The molecule has 19 heavy (non-hydrogen) atoms. The van der Waals surface area contributed by atoms with Crippen LogP contribution >= 0.6 is 0 Å². The Labute approximate surface area is 118 Å². The average molecular weight is 260 g/mol. The van der Waals surface area contributed by atoms with Crippen LogP contribution in [0.3, 0.4) is 0 Å². The number of rotatable bonds is 4. The lowest BCUT2D eigenvalue weighted by atomic mass is 9.80. The molecule has 0 bridgehead atoms. The van der Waals surface area contributed by atoms with Crippen LogP contribution in [0.4, 0.5) is 0 Å². The molecule has 0 amide bonds. The molecule has 1 saturated heterocycles. The summed E-state index contributed by atoms with van der Waals surface area (Å²) in [7, 11) is 0. The second-order valence-electron chi connectivity index (χ2n) is 6.85. The van der Waals surface area contributed by atoms with Crippen LogP contribution in [0, 0.1) is 11.3 Å². The fourth-order valence-electron chi connectivity index (χ4n) is 3.17. The first-order valence-corrected chi connectivity index (χ1v) is 7.51. The van der Waals surface area contributed by atoms with Crippen LogP contribution in [-0.4, -0.2) is 24.5 Å². The monoisotopic (exact) mass is 260 g/mol. The lowest BCUT2D eigenvalue weighted by Crippen LogP contribution is -2.30. The molecule has 106 valence electrons. The second-order valence-corrected chi connectivity index (χ2v) is 6.85. The average Bonchev–Trinajstić information content (AvgIpc) is 2.86. The van der Waals surface area contributed by atoms with E-state index in [4.69, 9.17) is 5.73 Å². The summed E-state index contributed by atoms with van der Waals surface area (Å²) in [5, 5.41) is 0. The van der Waals surface area contributed by atoms with Crippen LogP contribution in [-0.2, 0) is 0 Å². The lowest BCUT2D eigenvalue weighted by Gasteiger charge is -2.31. The van der Waals surface area contributed by atoms with Crippen molar-refractivity contribution in [1.82, 2.24) is 4.90 Å². The minimum atomic E-state index is 0.415. The van der Waals surface area contributed by atoms with Crippen molar-refractivity contribution in [2.75, 3.05) is 19.6 Å². The second kappa shape index (κ2) is 6.06. The third-order valence-electron chi connectivity index (χ3n) is 4.51. The Morgan fingerprint density at radius 3 is 2.47 bits per heavy atom. The summed E-state index contributed by atoms with van der Waals surface area (Å²) >= 11 is 0. The molecule has 2 N–H and O–H groups in total. The Morgan fingerprint density at radius 1 is 1.26 bits per heavy atom. The van der Waals surface area contributed by atoms with Gasteiger partial charge in [0.05, 0.1) is 0 Å². The predicted octanol–water partition coefficient (Wildman–Crippen LogP) is 3.44. The number of nitrogens with zero attached hydrogens (tertiary/aromatic N) is 1. The Morgan fingerprint density at radius 2 is 1.95 bits per heavy atom. The van der Waals surface area contributed by atoms with Gasteiger partial charge in [-0.25, -0.2) is 0 Å². The quantitative estimate of drug-likeness (QED) is 0.898. The zero-order valence-corrected chi connectivity index (χ0v) is 12.6. The number of nitrogens with two attached hydrogens (primary N) is 1. The van der Waals surface area contributed by atoms with Gasteiger partial charge in [-0.1, -0.05) is 51.1 Å². The van der Waals surface area contributed by atoms with Crippen LogP contribution in [0.2, 0.25) is 0 Å². The lowest BCUT2D eigenvalue weighted by molar-refractivity contribution is 0.190. The van der Waals surface area contributed by atoms with Gasteiger partial charge in [0.25, 0.3) is 0 Å². The summed E-state index contributed by atoms with van der Waals surface area (Å²) < 4.78 is 0. The molecule has 1 heterocycles. The van der Waals surface area contributed by atoms with Crippen LogP contribution < -0.4 is 5.73 Å². The SMILES string of the molecule is CC(C)(C)C1CCN(C(CCN)c2ccccc2)C1. The van der Waals surface area contributed by atoms with Gasteiger partial charge in [-0.15, -0.1) is 0 Å².